The molecule has 0 saturated heterocycles. The molecule has 0 aliphatic carbocycles. The zero-order chi connectivity index (χ0) is 10.6. The molecule has 1 aromatic heterocycles. The van der Waals surface area contributed by atoms with Crippen molar-refractivity contribution < 1.29 is 4.74 Å². The molecule has 0 atom stereocenters. The summed E-state index contributed by atoms with van der Waals surface area (Å²) in [7, 11) is 1.69. The number of nitrogens with zero attached hydrogens (tertiary/aromatic N) is 3. The Bertz CT molecular complexity index is 275. The lowest BCUT2D eigenvalue weighted by molar-refractivity contribution is 0.201. The smallest absolute Gasteiger partial charge is 0.0850 e. The molecule has 0 radical (unpaired) electrons. The topological polar surface area (TPSA) is 39.9 Å². The van der Waals surface area contributed by atoms with Gasteiger partial charge in [-0.15, -0.1) is 5.10 Å². The fourth-order valence-electron chi connectivity index (χ4n) is 1.22. The molecule has 0 aliphatic heterocycles. The maximum atomic E-state index is 4.98. The van der Waals surface area contributed by atoms with Crippen molar-refractivity contribution in [2.45, 2.75) is 33.7 Å². The van der Waals surface area contributed by atoms with E-state index in [9.17, 15) is 0 Å². The molecule has 0 saturated carbocycles. The van der Waals surface area contributed by atoms with Crippen LogP contribution in [-0.2, 0) is 17.7 Å². The second kappa shape index (κ2) is 4.55. The van der Waals surface area contributed by atoms with Crippen molar-refractivity contribution >= 4 is 0 Å². The number of hydrogen-bond donors (Lipinski definition) is 0. The van der Waals surface area contributed by atoms with Crippen molar-refractivity contribution in [3.05, 3.63) is 11.9 Å². The van der Waals surface area contributed by atoms with Crippen LogP contribution in [0.1, 0.15) is 26.5 Å². The molecule has 4 heteroatoms. The highest BCUT2D eigenvalue weighted by molar-refractivity contribution is 4.92. The summed E-state index contributed by atoms with van der Waals surface area (Å²) in [5.41, 5.74) is 1.24. The molecular weight excluding hydrogens is 178 g/mol. The van der Waals surface area contributed by atoms with E-state index in [1.807, 2.05) is 10.9 Å². The molecule has 4 nitrogen and oxygen atoms in total. The minimum absolute atomic E-state index is 0.242. The zero-order valence-corrected chi connectivity index (χ0v) is 9.45. The first-order valence-corrected chi connectivity index (χ1v) is 4.89. The maximum absolute atomic E-state index is 4.98. The monoisotopic (exact) mass is 197 g/mol. The molecule has 0 aliphatic rings. The highest BCUT2D eigenvalue weighted by atomic mass is 16.5. The third-order valence-electron chi connectivity index (χ3n) is 1.78. The van der Waals surface area contributed by atoms with Crippen LogP contribution in [0.5, 0.6) is 0 Å². The Morgan fingerprint density at radius 1 is 1.43 bits per heavy atom. The first kappa shape index (κ1) is 11.2. The van der Waals surface area contributed by atoms with Gasteiger partial charge in [0.25, 0.3) is 0 Å². The molecule has 80 valence electrons. The summed E-state index contributed by atoms with van der Waals surface area (Å²) in [5.74, 6) is 0. The van der Waals surface area contributed by atoms with E-state index >= 15 is 0 Å². The minimum atomic E-state index is 0.242. The Balaban J connectivity index is 2.51. The summed E-state index contributed by atoms with van der Waals surface area (Å²) in [6, 6.07) is 0. The molecule has 0 N–H and O–H groups in total. The van der Waals surface area contributed by atoms with Crippen LogP contribution in [0.4, 0.5) is 0 Å². The van der Waals surface area contributed by atoms with E-state index in [1.54, 1.807) is 7.11 Å². The van der Waals surface area contributed by atoms with Gasteiger partial charge in [0, 0.05) is 26.3 Å². The van der Waals surface area contributed by atoms with Gasteiger partial charge in [-0.25, -0.2) is 0 Å². The molecule has 1 heterocycles. The van der Waals surface area contributed by atoms with Crippen molar-refractivity contribution in [3.8, 4) is 0 Å². The number of hydrogen-bond acceptors (Lipinski definition) is 3. The summed E-state index contributed by atoms with van der Waals surface area (Å²) in [4.78, 5) is 0. The number of rotatable bonds is 4. The lowest BCUT2D eigenvalue weighted by Crippen LogP contribution is -2.15. The summed E-state index contributed by atoms with van der Waals surface area (Å²) in [6.07, 6.45) is 2.82. The lowest BCUT2D eigenvalue weighted by atomic mass is 9.97. The van der Waals surface area contributed by atoms with Crippen molar-refractivity contribution in [3.63, 3.8) is 0 Å². The van der Waals surface area contributed by atoms with Gasteiger partial charge in [0.1, 0.15) is 0 Å². The highest BCUT2D eigenvalue weighted by Gasteiger charge is 2.12. The van der Waals surface area contributed by atoms with Crippen molar-refractivity contribution in [2.75, 3.05) is 13.7 Å². The Hall–Kier alpha value is -0.900. The van der Waals surface area contributed by atoms with Crippen LogP contribution in [0.15, 0.2) is 6.20 Å². The van der Waals surface area contributed by atoms with E-state index in [-0.39, 0.29) is 5.41 Å². The van der Waals surface area contributed by atoms with Gasteiger partial charge in [0.2, 0.25) is 0 Å². The largest absolute Gasteiger partial charge is 0.384 e. The Labute approximate surface area is 85.3 Å². The van der Waals surface area contributed by atoms with E-state index in [0.717, 1.165) is 18.7 Å². The predicted molar refractivity (Wildman–Crippen MR) is 55.1 cm³/mol. The molecule has 0 bridgehead atoms. The van der Waals surface area contributed by atoms with Crippen molar-refractivity contribution in [2.24, 2.45) is 5.41 Å². The third-order valence-corrected chi connectivity index (χ3v) is 1.78. The molecule has 1 aromatic rings. The number of ether oxygens (including phenoxy) is 1. The molecule has 0 amide bonds. The number of methoxy groups -OCH3 is 1. The van der Waals surface area contributed by atoms with Crippen LogP contribution < -0.4 is 0 Å². The number of aromatic nitrogens is 3. The van der Waals surface area contributed by atoms with E-state index < -0.39 is 0 Å². The van der Waals surface area contributed by atoms with Crippen LogP contribution >= 0.6 is 0 Å². The van der Waals surface area contributed by atoms with Crippen molar-refractivity contribution in [1.82, 2.24) is 15.0 Å². The average Bonchev–Trinajstić information content (AvgIpc) is 2.46. The van der Waals surface area contributed by atoms with Gasteiger partial charge in [0.05, 0.1) is 12.3 Å². The van der Waals surface area contributed by atoms with E-state index in [0.29, 0.717) is 6.61 Å². The first-order chi connectivity index (χ1) is 6.51. The molecular formula is C10H19N3O. The Kier molecular flexibility index (Phi) is 3.63. The second-order valence-electron chi connectivity index (χ2n) is 4.71. The normalized spacial score (nSPS) is 12.0. The molecule has 0 spiro atoms. The van der Waals surface area contributed by atoms with Gasteiger partial charge < -0.3 is 4.74 Å². The average molecular weight is 197 g/mol. The van der Waals surface area contributed by atoms with Crippen LogP contribution in [0, 0.1) is 5.41 Å². The fraction of sp³-hybridized carbons (Fsp3) is 0.800. The van der Waals surface area contributed by atoms with Crippen molar-refractivity contribution in [1.29, 1.82) is 0 Å². The summed E-state index contributed by atoms with van der Waals surface area (Å²) >= 11 is 0. The standard InChI is InChI=1S/C10H19N3O/c1-10(2,3)8-13-7-9(11-12-13)5-6-14-4/h7H,5-6,8H2,1-4H3. The van der Waals surface area contributed by atoms with Gasteiger partial charge in [-0.2, -0.15) is 0 Å². The van der Waals surface area contributed by atoms with E-state index in [1.165, 1.54) is 0 Å². The predicted octanol–water partition coefficient (Wildman–Crippen LogP) is 1.51. The third kappa shape index (κ3) is 3.87. The van der Waals surface area contributed by atoms with Gasteiger partial charge in [-0.3, -0.25) is 4.68 Å². The van der Waals surface area contributed by atoms with E-state index in [4.69, 9.17) is 4.74 Å². The summed E-state index contributed by atoms with van der Waals surface area (Å²) in [5, 5.41) is 8.14. The van der Waals surface area contributed by atoms with Gasteiger partial charge in [-0.1, -0.05) is 26.0 Å². The van der Waals surface area contributed by atoms with Crippen LogP contribution in [0.2, 0.25) is 0 Å². The zero-order valence-electron chi connectivity index (χ0n) is 9.45. The lowest BCUT2D eigenvalue weighted by Gasteiger charge is -2.16. The molecule has 0 fully saturated rings. The van der Waals surface area contributed by atoms with E-state index in [2.05, 4.69) is 31.1 Å². The first-order valence-electron chi connectivity index (χ1n) is 4.89. The van der Waals surface area contributed by atoms with Crippen LogP contribution in [0.25, 0.3) is 0 Å². The SMILES string of the molecule is COCCc1cn(CC(C)(C)C)nn1. The summed E-state index contributed by atoms with van der Waals surface area (Å²) in [6.45, 7) is 8.15. The maximum Gasteiger partial charge on any atom is 0.0850 e. The molecule has 0 unspecified atom stereocenters. The highest BCUT2D eigenvalue weighted by Crippen LogP contribution is 2.15. The summed E-state index contributed by atoms with van der Waals surface area (Å²) < 4.78 is 6.87. The van der Waals surface area contributed by atoms with Gasteiger partial charge in [0.15, 0.2) is 0 Å². The Morgan fingerprint density at radius 3 is 2.71 bits per heavy atom. The second-order valence-corrected chi connectivity index (χ2v) is 4.71. The van der Waals surface area contributed by atoms with Gasteiger partial charge in [-0.05, 0) is 5.41 Å². The van der Waals surface area contributed by atoms with Crippen LogP contribution in [-0.4, -0.2) is 28.7 Å². The molecule has 0 aromatic carbocycles. The van der Waals surface area contributed by atoms with Crippen LogP contribution in [0.3, 0.4) is 0 Å². The van der Waals surface area contributed by atoms with Gasteiger partial charge >= 0.3 is 0 Å². The minimum Gasteiger partial charge on any atom is -0.384 e. The Morgan fingerprint density at radius 2 is 2.14 bits per heavy atom. The fourth-order valence-corrected chi connectivity index (χ4v) is 1.22. The molecule has 14 heavy (non-hydrogen) atoms. The quantitative estimate of drug-likeness (QED) is 0.734. The molecule has 1 rings (SSSR count).